The minimum Gasteiger partial charge on any atom is -0.379 e. The number of thiophene rings is 1. The van der Waals surface area contributed by atoms with Crippen LogP contribution in [0, 0.1) is 0 Å². The fourth-order valence-electron chi connectivity index (χ4n) is 1.85. The van der Waals surface area contributed by atoms with Crippen LogP contribution in [0.3, 0.4) is 0 Å². The summed E-state index contributed by atoms with van der Waals surface area (Å²) in [4.78, 5) is 3.93. The van der Waals surface area contributed by atoms with Gasteiger partial charge in [-0.25, -0.2) is 0 Å². The molecule has 4 heteroatoms. The van der Waals surface area contributed by atoms with E-state index in [9.17, 15) is 0 Å². The maximum atomic E-state index is 5.51. The Morgan fingerprint density at radius 2 is 2.21 bits per heavy atom. The lowest BCUT2D eigenvalue weighted by atomic mass is 10.4. The molecule has 0 saturated heterocycles. The third kappa shape index (κ3) is 8.37. The molecule has 0 aliphatic heterocycles. The molecule has 0 amide bonds. The average Bonchev–Trinajstić information content (AvgIpc) is 2.88. The Hall–Kier alpha value is -0.420. The second kappa shape index (κ2) is 10.4. The Kier molecular flexibility index (Phi) is 9.08. The van der Waals surface area contributed by atoms with Gasteiger partial charge in [0.1, 0.15) is 0 Å². The number of rotatable bonds is 11. The van der Waals surface area contributed by atoms with Crippen LogP contribution in [-0.2, 0) is 11.3 Å². The van der Waals surface area contributed by atoms with Crippen molar-refractivity contribution in [2.24, 2.45) is 0 Å². The van der Waals surface area contributed by atoms with Crippen molar-refractivity contribution in [3.8, 4) is 0 Å². The number of hydrogen-bond acceptors (Lipinski definition) is 4. The molecule has 0 spiro atoms. The Balaban J connectivity index is 2.00. The Morgan fingerprint density at radius 1 is 1.37 bits per heavy atom. The molecule has 0 radical (unpaired) electrons. The first-order valence-corrected chi connectivity index (χ1v) is 8.17. The average molecular weight is 284 g/mol. The molecule has 0 bridgehead atoms. The van der Waals surface area contributed by atoms with Gasteiger partial charge < -0.3 is 10.1 Å². The third-order valence-electron chi connectivity index (χ3n) is 2.96. The second-order valence-electron chi connectivity index (χ2n) is 4.97. The van der Waals surface area contributed by atoms with Gasteiger partial charge in [-0.3, -0.25) is 4.90 Å². The van der Waals surface area contributed by atoms with Crippen LogP contribution in [-0.4, -0.2) is 43.8 Å². The SMILES string of the molecule is CCN(CCNCCCOC(C)C)Cc1cccs1. The predicted molar refractivity (Wildman–Crippen MR) is 83.8 cm³/mol. The summed E-state index contributed by atoms with van der Waals surface area (Å²) in [6, 6.07) is 4.34. The van der Waals surface area contributed by atoms with Crippen LogP contribution in [0.2, 0.25) is 0 Å². The highest BCUT2D eigenvalue weighted by Crippen LogP contribution is 2.11. The van der Waals surface area contributed by atoms with Gasteiger partial charge in [-0.2, -0.15) is 0 Å². The zero-order valence-electron chi connectivity index (χ0n) is 12.5. The van der Waals surface area contributed by atoms with Crippen LogP contribution >= 0.6 is 11.3 Å². The lowest BCUT2D eigenvalue weighted by Gasteiger charge is -2.19. The van der Waals surface area contributed by atoms with Crippen molar-refractivity contribution in [2.75, 3.05) is 32.8 Å². The van der Waals surface area contributed by atoms with Gasteiger partial charge in [-0.15, -0.1) is 11.3 Å². The highest BCUT2D eigenvalue weighted by Gasteiger charge is 2.03. The fourth-order valence-corrected chi connectivity index (χ4v) is 2.60. The van der Waals surface area contributed by atoms with Crippen LogP contribution in [0.25, 0.3) is 0 Å². The molecule has 110 valence electrons. The Bertz CT molecular complexity index is 301. The maximum absolute atomic E-state index is 5.51. The van der Waals surface area contributed by atoms with E-state index in [0.29, 0.717) is 6.10 Å². The minimum absolute atomic E-state index is 0.348. The van der Waals surface area contributed by atoms with Crippen LogP contribution < -0.4 is 5.32 Å². The molecule has 1 heterocycles. The minimum atomic E-state index is 0.348. The van der Waals surface area contributed by atoms with Crippen molar-refractivity contribution in [2.45, 2.75) is 39.8 Å². The number of nitrogens with zero attached hydrogens (tertiary/aromatic N) is 1. The lowest BCUT2D eigenvalue weighted by molar-refractivity contribution is 0.0770. The van der Waals surface area contributed by atoms with Crippen molar-refractivity contribution in [3.05, 3.63) is 22.4 Å². The standard InChI is InChI=1S/C15H28N2OS/c1-4-17(13-15-7-5-12-19-15)10-9-16-8-6-11-18-14(2)3/h5,7,12,14,16H,4,6,8-11,13H2,1-3H3. The molecule has 0 aliphatic carbocycles. The van der Waals surface area contributed by atoms with Gasteiger partial charge in [0, 0.05) is 31.1 Å². The molecule has 1 N–H and O–H groups in total. The molecule has 0 atom stereocenters. The van der Waals surface area contributed by atoms with Crippen molar-refractivity contribution in [1.82, 2.24) is 10.2 Å². The van der Waals surface area contributed by atoms with E-state index in [-0.39, 0.29) is 0 Å². The monoisotopic (exact) mass is 284 g/mol. The van der Waals surface area contributed by atoms with Crippen LogP contribution in [0.15, 0.2) is 17.5 Å². The Labute approximate surface area is 122 Å². The van der Waals surface area contributed by atoms with Gasteiger partial charge in [0.05, 0.1) is 6.10 Å². The first kappa shape index (κ1) is 16.6. The van der Waals surface area contributed by atoms with Gasteiger partial charge in [0.15, 0.2) is 0 Å². The first-order valence-electron chi connectivity index (χ1n) is 7.29. The molecule has 19 heavy (non-hydrogen) atoms. The molecule has 0 saturated carbocycles. The summed E-state index contributed by atoms with van der Waals surface area (Å²) in [7, 11) is 0. The van der Waals surface area contributed by atoms with E-state index in [1.165, 1.54) is 4.88 Å². The number of likely N-dealkylation sites (N-methyl/N-ethyl adjacent to an activating group) is 1. The molecule has 1 aromatic rings. The lowest BCUT2D eigenvalue weighted by Crippen LogP contribution is -2.32. The summed E-state index contributed by atoms with van der Waals surface area (Å²) in [5, 5.41) is 5.63. The van der Waals surface area contributed by atoms with Gasteiger partial charge in [0.2, 0.25) is 0 Å². The van der Waals surface area contributed by atoms with E-state index >= 15 is 0 Å². The summed E-state index contributed by atoms with van der Waals surface area (Å²) >= 11 is 1.84. The van der Waals surface area contributed by atoms with Gasteiger partial charge in [0.25, 0.3) is 0 Å². The first-order chi connectivity index (χ1) is 9.22. The largest absolute Gasteiger partial charge is 0.379 e. The van der Waals surface area contributed by atoms with Crippen LogP contribution in [0.1, 0.15) is 32.1 Å². The second-order valence-corrected chi connectivity index (χ2v) is 6.00. The normalized spacial score (nSPS) is 11.6. The smallest absolute Gasteiger partial charge is 0.0518 e. The summed E-state index contributed by atoms with van der Waals surface area (Å²) in [5.74, 6) is 0. The Morgan fingerprint density at radius 3 is 2.84 bits per heavy atom. The molecule has 0 unspecified atom stereocenters. The quantitative estimate of drug-likeness (QED) is 0.632. The predicted octanol–water partition coefficient (Wildman–Crippen LogP) is 2.97. The van der Waals surface area contributed by atoms with Crippen molar-refractivity contribution in [1.29, 1.82) is 0 Å². The fraction of sp³-hybridized carbons (Fsp3) is 0.733. The molecule has 0 aromatic carbocycles. The van der Waals surface area contributed by atoms with Gasteiger partial charge in [-0.1, -0.05) is 13.0 Å². The summed E-state index contributed by atoms with van der Waals surface area (Å²) in [5.41, 5.74) is 0. The summed E-state index contributed by atoms with van der Waals surface area (Å²) in [6.45, 7) is 12.6. The number of ether oxygens (including phenoxy) is 1. The van der Waals surface area contributed by atoms with Crippen molar-refractivity contribution < 1.29 is 4.74 Å². The van der Waals surface area contributed by atoms with Crippen molar-refractivity contribution in [3.63, 3.8) is 0 Å². The zero-order valence-corrected chi connectivity index (χ0v) is 13.3. The van der Waals surface area contributed by atoms with Gasteiger partial charge >= 0.3 is 0 Å². The van der Waals surface area contributed by atoms with E-state index in [4.69, 9.17) is 4.74 Å². The third-order valence-corrected chi connectivity index (χ3v) is 3.82. The number of hydrogen-bond donors (Lipinski definition) is 1. The molecule has 1 rings (SSSR count). The van der Waals surface area contributed by atoms with E-state index in [1.54, 1.807) is 0 Å². The molecular formula is C15H28N2OS. The topological polar surface area (TPSA) is 24.5 Å². The highest BCUT2D eigenvalue weighted by atomic mass is 32.1. The molecule has 0 fully saturated rings. The number of nitrogens with one attached hydrogen (secondary N) is 1. The van der Waals surface area contributed by atoms with E-state index in [1.807, 2.05) is 11.3 Å². The molecular weight excluding hydrogens is 256 g/mol. The van der Waals surface area contributed by atoms with Crippen LogP contribution in [0.5, 0.6) is 0 Å². The molecule has 3 nitrogen and oxygen atoms in total. The zero-order chi connectivity index (χ0) is 13.9. The van der Waals surface area contributed by atoms with E-state index in [2.05, 4.69) is 48.5 Å². The summed E-state index contributed by atoms with van der Waals surface area (Å²) < 4.78 is 5.51. The maximum Gasteiger partial charge on any atom is 0.0518 e. The molecule has 0 aliphatic rings. The van der Waals surface area contributed by atoms with Gasteiger partial charge in [-0.05, 0) is 44.8 Å². The molecule has 1 aromatic heterocycles. The summed E-state index contributed by atoms with van der Waals surface area (Å²) in [6.07, 6.45) is 1.44. The van der Waals surface area contributed by atoms with E-state index in [0.717, 1.165) is 45.8 Å². The van der Waals surface area contributed by atoms with Crippen molar-refractivity contribution >= 4 is 11.3 Å². The van der Waals surface area contributed by atoms with Crippen LogP contribution in [0.4, 0.5) is 0 Å². The highest BCUT2D eigenvalue weighted by molar-refractivity contribution is 7.09. The van der Waals surface area contributed by atoms with E-state index < -0.39 is 0 Å².